The summed E-state index contributed by atoms with van der Waals surface area (Å²) < 4.78 is 4.93. The highest BCUT2D eigenvalue weighted by Gasteiger charge is 2.11. The summed E-state index contributed by atoms with van der Waals surface area (Å²) in [5.41, 5.74) is 5.43. The fraction of sp³-hybridized carbons (Fsp3) is 0.900. The van der Waals surface area contributed by atoms with Crippen molar-refractivity contribution in [1.82, 2.24) is 10.2 Å². The van der Waals surface area contributed by atoms with Gasteiger partial charge in [-0.3, -0.25) is 0 Å². The molecule has 0 radical (unpaired) electrons. The molecular weight excluding hydrogens is 194 g/mol. The molecule has 5 heteroatoms. The molecule has 0 aromatic carbocycles. The van der Waals surface area contributed by atoms with Crippen molar-refractivity contribution in [3.8, 4) is 0 Å². The van der Waals surface area contributed by atoms with Gasteiger partial charge in [-0.15, -0.1) is 0 Å². The van der Waals surface area contributed by atoms with Crippen molar-refractivity contribution in [2.24, 2.45) is 11.7 Å². The predicted octanol–water partition coefficient (Wildman–Crippen LogP) is 0.259. The highest BCUT2D eigenvalue weighted by atomic mass is 16.5. The van der Waals surface area contributed by atoms with Crippen LogP contribution in [0.1, 0.15) is 13.8 Å². The lowest BCUT2D eigenvalue weighted by Gasteiger charge is -2.22. The van der Waals surface area contributed by atoms with Crippen molar-refractivity contribution in [3.05, 3.63) is 0 Å². The largest absolute Gasteiger partial charge is 0.383 e. The van der Waals surface area contributed by atoms with Gasteiger partial charge in [0.1, 0.15) is 0 Å². The van der Waals surface area contributed by atoms with E-state index in [9.17, 15) is 4.79 Å². The number of rotatable bonds is 7. The van der Waals surface area contributed by atoms with Crippen LogP contribution in [0, 0.1) is 5.92 Å². The monoisotopic (exact) mass is 217 g/mol. The lowest BCUT2D eigenvalue weighted by molar-refractivity contribution is 0.150. The fourth-order valence-corrected chi connectivity index (χ4v) is 1.08. The third-order valence-electron chi connectivity index (χ3n) is 1.91. The van der Waals surface area contributed by atoms with Crippen LogP contribution in [0.4, 0.5) is 4.79 Å². The zero-order chi connectivity index (χ0) is 11.7. The van der Waals surface area contributed by atoms with Crippen LogP contribution in [0.25, 0.3) is 0 Å². The maximum atomic E-state index is 11.6. The molecule has 0 spiro atoms. The smallest absolute Gasteiger partial charge is 0.317 e. The summed E-state index contributed by atoms with van der Waals surface area (Å²) in [6.45, 7) is 6.96. The maximum absolute atomic E-state index is 11.6. The van der Waals surface area contributed by atoms with Crippen LogP contribution in [-0.4, -0.2) is 50.8 Å². The Morgan fingerprint density at radius 1 is 1.47 bits per heavy atom. The maximum Gasteiger partial charge on any atom is 0.317 e. The number of hydrogen-bond acceptors (Lipinski definition) is 3. The molecule has 90 valence electrons. The first-order chi connectivity index (χ1) is 7.11. The van der Waals surface area contributed by atoms with E-state index in [2.05, 4.69) is 19.2 Å². The molecule has 0 rings (SSSR count). The van der Waals surface area contributed by atoms with Gasteiger partial charge in [0.15, 0.2) is 0 Å². The van der Waals surface area contributed by atoms with Gasteiger partial charge >= 0.3 is 6.03 Å². The Balaban J connectivity index is 3.92. The highest BCUT2D eigenvalue weighted by Crippen LogP contribution is 1.92. The summed E-state index contributed by atoms with van der Waals surface area (Å²) in [5.74, 6) is 0.455. The van der Waals surface area contributed by atoms with E-state index in [0.29, 0.717) is 38.7 Å². The zero-order valence-corrected chi connectivity index (χ0v) is 9.95. The Morgan fingerprint density at radius 3 is 2.60 bits per heavy atom. The highest BCUT2D eigenvalue weighted by molar-refractivity contribution is 5.74. The van der Waals surface area contributed by atoms with Crippen LogP contribution in [0.3, 0.4) is 0 Å². The molecule has 0 saturated heterocycles. The van der Waals surface area contributed by atoms with Crippen molar-refractivity contribution in [2.45, 2.75) is 13.8 Å². The molecular formula is C10H23N3O2. The van der Waals surface area contributed by atoms with Gasteiger partial charge in [-0.25, -0.2) is 4.79 Å². The van der Waals surface area contributed by atoms with Crippen LogP contribution in [0.5, 0.6) is 0 Å². The second kappa shape index (κ2) is 8.49. The first-order valence-corrected chi connectivity index (χ1v) is 5.33. The third-order valence-corrected chi connectivity index (χ3v) is 1.91. The summed E-state index contributed by atoms with van der Waals surface area (Å²) >= 11 is 0. The molecule has 0 bridgehead atoms. The molecule has 0 fully saturated rings. The number of methoxy groups -OCH3 is 1. The summed E-state index contributed by atoms with van der Waals surface area (Å²) in [6, 6.07) is -0.0637. The van der Waals surface area contributed by atoms with E-state index < -0.39 is 0 Å². The Kier molecular flexibility index (Phi) is 8.04. The minimum absolute atomic E-state index is 0.0637. The average molecular weight is 217 g/mol. The quantitative estimate of drug-likeness (QED) is 0.643. The van der Waals surface area contributed by atoms with Gasteiger partial charge in [0.2, 0.25) is 0 Å². The first kappa shape index (κ1) is 14.2. The van der Waals surface area contributed by atoms with E-state index in [0.717, 1.165) is 0 Å². The van der Waals surface area contributed by atoms with Crippen LogP contribution >= 0.6 is 0 Å². The van der Waals surface area contributed by atoms with Crippen LogP contribution in [0.2, 0.25) is 0 Å². The van der Waals surface area contributed by atoms with Gasteiger partial charge in [0.25, 0.3) is 0 Å². The lowest BCUT2D eigenvalue weighted by Crippen LogP contribution is -2.45. The third kappa shape index (κ3) is 7.16. The van der Waals surface area contributed by atoms with Gasteiger partial charge in [0.05, 0.1) is 6.61 Å². The molecule has 0 unspecified atom stereocenters. The SMILES string of the molecule is COCCN(CCN)C(=O)NCC(C)C. The molecule has 15 heavy (non-hydrogen) atoms. The van der Waals surface area contributed by atoms with E-state index in [1.165, 1.54) is 0 Å². The molecule has 2 amide bonds. The molecule has 0 heterocycles. The van der Waals surface area contributed by atoms with Gasteiger partial charge in [0, 0.05) is 33.3 Å². The molecule has 0 aliphatic carbocycles. The summed E-state index contributed by atoms with van der Waals surface area (Å²) in [7, 11) is 1.62. The Bertz CT molecular complexity index is 174. The average Bonchev–Trinajstić information content (AvgIpc) is 2.20. The van der Waals surface area contributed by atoms with Crippen molar-refractivity contribution in [1.29, 1.82) is 0 Å². The Labute approximate surface area is 91.9 Å². The van der Waals surface area contributed by atoms with Gasteiger partial charge in [-0.1, -0.05) is 13.8 Å². The molecule has 3 N–H and O–H groups in total. The Hall–Kier alpha value is -0.810. The minimum atomic E-state index is -0.0637. The second-order valence-electron chi connectivity index (χ2n) is 3.85. The van der Waals surface area contributed by atoms with Crippen LogP contribution < -0.4 is 11.1 Å². The van der Waals surface area contributed by atoms with E-state index in [1.54, 1.807) is 12.0 Å². The molecule has 0 aliphatic rings. The molecule has 0 aromatic rings. The second-order valence-corrected chi connectivity index (χ2v) is 3.85. The Morgan fingerprint density at radius 2 is 2.13 bits per heavy atom. The van der Waals surface area contributed by atoms with Gasteiger partial charge in [-0.2, -0.15) is 0 Å². The summed E-state index contributed by atoms with van der Waals surface area (Å²) in [5, 5.41) is 2.85. The van der Waals surface area contributed by atoms with Gasteiger partial charge in [-0.05, 0) is 5.92 Å². The number of urea groups is 1. The molecule has 5 nitrogen and oxygen atoms in total. The van der Waals surface area contributed by atoms with E-state index in [4.69, 9.17) is 10.5 Å². The number of nitrogens with two attached hydrogens (primary N) is 1. The topological polar surface area (TPSA) is 67.6 Å². The number of hydrogen-bond donors (Lipinski definition) is 2. The number of nitrogens with zero attached hydrogens (tertiary/aromatic N) is 1. The molecule has 0 atom stereocenters. The van der Waals surface area contributed by atoms with Crippen molar-refractivity contribution < 1.29 is 9.53 Å². The van der Waals surface area contributed by atoms with E-state index >= 15 is 0 Å². The zero-order valence-electron chi connectivity index (χ0n) is 9.95. The van der Waals surface area contributed by atoms with Crippen molar-refractivity contribution in [3.63, 3.8) is 0 Å². The van der Waals surface area contributed by atoms with Crippen molar-refractivity contribution >= 4 is 6.03 Å². The number of carbonyl (C=O) groups is 1. The molecule has 0 aromatic heterocycles. The standard InChI is InChI=1S/C10H23N3O2/c1-9(2)8-12-10(14)13(5-4-11)6-7-15-3/h9H,4-8,11H2,1-3H3,(H,12,14). The number of ether oxygens (including phenoxy) is 1. The summed E-state index contributed by atoms with van der Waals surface area (Å²) in [4.78, 5) is 13.3. The lowest BCUT2D eigenvalue weighted by atomic mass is 10.2. The van der Waals surface area contributed by atoms with Crippen molar-refractivity contribution in [2.75, 3.05) is 39.9 Å². The first-order valence-electron chi connectivity index (χ1n) is 5.33. The predicted molar refractivity (Wildman–Crippen MR) is 60.7 cm³/mol. The fourth-order valence-electron chi connectivity index (χ4n) is 1.08. The van der Waals surface area contributed by atoms with Gasteiger partial charge < -0.3 is 20.7 Å². The van der Waals surface area contributed by atoms with Crippen LogP contribution in [0.15, 0.2) is 0 Å². The number of carbonyl (C=O) groups excluding carboxylic acids is 1. The normalized spacial score (nSPS) is 10.5. The van der Waals surface area contributed by atoms with E-state index in [-0.39, 0.29) is 6.03 Å². The number of amides is 2. The van der Waals surface area contributed by atoms with E-state index in [1.807, 2.05) is 0 Å². The molecule has 0 aliphatic heterocycles. The van der Waals surface area contributed by atoms with Crippen LogP contribution in [-0.2, 0) is 4.74 Å². The number of nitrogens with one attached hydrogen (secondary N) is 1. The summed E-state index contributed by atoms with van der Waals surface area (Å²) in [6.07, 6.45) is 0. The minimum Gasteiger partial charge on any atom is -0.383 e. The molecule has 0 saturated carbocycles.